The number of rotatable bonds is 10. The van der Waals surface area contributed by atoms with Crippen LogP contribution in [0.25, 0.3) is 21.5 Å². The summed E-state index contributed by atoms with van der Waals surface area (Å²) >= 11 is 0. The molecule has 2 heterocycles. The summed E-state index contributed by atoms with van der Waals surface area (Å²) in [5, 5.41) is 9.12. The molecule has 2 amide bonds. The van der Waals surface area contributed by atoms with Crippen LogP contribution in [0.4, 0.5) is 0 Å². The zero-order chi connectivity index (χ0) is 38.4. The molecule has 56 heavy (non-hydrogen) atoms. The molecular formula is C46H42N4O6. The molecule has 2 atom stereocenters. The van der Waals surface area contributed by atoms with Gasteiger partial charge in [-0.3, -0.25) is 9.59 Å². The fourth-order valence-electron chi connectivity index (χ4n) is 7.73. The van der Waals surface area contributed by atoms with Crippen LogP contribution in [0, 0.1) is 0 Å². The molecular weight excluding hydrogens is 705 g/mol. The number of esters is 2. The normalized spacial score (nSPS) is 16.4. The molecule has 282 valence electrons. The van der Waals surface area contributed by atoms with E-state index in [4.69, 9.17) is 9.47 Å². The highest BCUT2D eigenvalue weighted by Gasteiger charge is 2.34. The SMILES string of the molecule is O=C(Oc1c(C(=O)N(Cc2ccccc2)C2CCNC2)ccc2ccccc12)C(=O)Oc1c(C(=O)N(Cc2ccccc2)C2CCNC2)ccc2ccccc12. The van der Waals surface area contributed by atoms with Crippen LogP contribution in [-0.4, -0.2) is 71.8 Å². The van der Waals surface area contributed by atoms with E-state index < -0.39 is 11.9 Å². The molecule has 2 aliphatic heterocycles. The second-order valence-corrected chi connectivity index (χ2v) is 14.2. The van der Waals surface area contributed by atoms with Gasteiger partial charge in [0.15, 0.2) is 11.5 Å². The molecule has 2 fully saturated rings. The van der Waals surface area contributed by atoms with Crippen molar-refractivity contribution in [3.8, 4) is 11.5 Å². The number of nitrogens with one attached hydrogen (secondary N) is 2. The first kappa shape index (κ1) is 36.6. The van der Waals surface area contributed by atoms with Crippen molar-refractivity contribution >= 4 is 45.3 Å². The summed E-state index contributed by atoms with van der Waals surface area (Å²) in [5.41, 5.74) is 2.22. The number of carbonyl (C=O) groups excluding carboxylic acids is 4. The Hall–Kier alpha value is -6.36. The number of hydrogen-bond donors (Lipinski definition) is 2. The molecule has 6 aromatic rings. The molecule has 2 aliphatic rings. The Morgan fingerprint density at radius 3 is 1.29 bits per heavy atom. The van der Waals surface area contributed by atoms with Gasteiger partial charge in [-0.05, 0) is 60.0 Å². The third-order valence-corrected chi connectivity index (χ3v) is 10.6. The van der Waals surface area contributed by atoms with Gasteiger partial charge in [-0.25, -0.2) is 9.59 Å². The van der Waals surface area contributed by atoms with Crippen LogP contribution in [0.3, 0.4) is 0 Å². The molecule has 2 saturated heterocycles. The molecule has 0 bridgehead atoms. The van der Waals surface area contributed by atoms with Crippen LogP contribution >= 0.6 is 0 Å². The first-order valence-corrected chi connectivity index (χ1v) is 19.0. The van der Waals surface area contributed by atoms with E-state index in [-0.39, 0.29) is 46.5 Å². The Morgan fingerprint density at radius 1 is 0.500 bits per heavy atom. The average Bonchev–Trinajstić information content (AvgIpc) is 3.99. The molecule has 10 heteroatoms. The summed E-state index contributed by atoms with van der Waals surface area (Å²) in [6.07, 6.45) is 1.53. The van der Waals surface area contributed by atoms with Crippen molar-refractivity contribution in [3.05, 3.63) is 156 Å². The minimum atomic E-state index is -1.32. The van der Waals surface area contributed by atoms with Gasteiger partial charge in [-0.15, -0.1) is 0 Å². The van der Waals surface area contributed by atoms with E-state index in [0.717, 1.165) is 47.8 Å². The Labute approximate surface area is 325 Å². The molecule has 6 aromatic carbocycles. The fraction of sp³-hybridized carbons (Fsp3) is 0.217. The van der Waals surface area contributed by atoms with E-state index >= 15 is 0 Å². The predicted octanol–water partition coefficient (Wildman–Crippen LogP) is 6.51. The lowest BCUT2D eigenvalue weighted by Gasteiger charge is -2.30. The maximum atomic E-state index is 14.6. The molecule has 0 aliphatic carbocycles. The fourth-order valence-corrected chi connectivity index (χ4v) is 7.73. The van der Waals surface area contributed by atoms with Crippen molar-refractivity contribution in [1.29, 1.82) is 0 Å². The number of hydrogen-bond acceptors (Lipinski definition) is 8. The van der Waals surface area contributed by atoms with Crippen LogP contribution in [0.2, 0.25) is 0 Å². The summed E-state index contributed by atoms with van der Waals surface area (Å²) in [6, 6.07) is 40.6. The molecule has 0 aromatic heterocycles. The van der Waals surface area contributed by atoms with Gasteiger partial charge in [-0.2, -0.15) is 0 Å². The summed E-state index contributed by atoms with van der Waals surface area (Å²) in [7, 11) is 0. The Balaban J connectivity index is 1.12. The highest BCUT2D eigenvalue weighted by molar-refractivity contribution is 6.32. The van der Waals surface area contributed by atoms with E-state index in [1.54, 1.807) is 58.3 Å². The minimum Gasteiger partial charge on any atom is -0.417 e. The van der Waals surface area contributed by atoms with Crippen molar-refractivity contribution in [2.75, 3.05) is 26.2 Å². The number of ether oxygens (including phenoxy) is 2. The minimum absolute atomic E-state index is 0.0314. The van der Waals surface area contributed by atoms with Crippen molar-refractivity contribution in [2.45, 2.75) is 38.0 Å². The molecule has 0 saturated carbocycles. The van der Waals surface area contributed by atoms with Gasteiger partial charge in [0.25, 0.3) is 11.8 Å². The highest BCUT2D eigenvalue weighted by atomic mass is 16.6. The lowest BCUT2D eigenvalue weighted by molar-refractivity contribution is -0.156. The van der Waals surface area contributed by atoms with E-state index in [0.29, 0.717) is 37.0 Å². The number of fused-ring (bicyclic) bond motifs is 2. The predicted molar refractivity (Wildman–Crippen MR) is 214 cm³/mol. The summed E-state index contributed by atoms with van der Waals surface area (Å²) in [6.45, 7) is 3.50. The Kier molecular flexibility index (Phi) is 10.8. The van der Waals surface area contributed by atoms with Crippen molar-refractivity contribution < 1.29 is 28.7 Å². The number of carbonyl (C=O) groups is 4. The van der Waals surface area contributed by atoms with E-state index in [1.807, 2.05) is 84.9 Å². The first-order valence-electron chi connectivity index (χ1n) is 19.0. The third kappa shape index (κ3) is 7.75. The highest BCUT2D eigenvalue weighted by Crippen LogP contribution is 2.35. The van der Waals surface area contributed by atoms with Crippen molar-refractivity contribution in [3.63, 3.8) is 0 Å². The van der Waals surface area contributed by atoms with E-state index in [2.05, 4.69) is 10.6 Å². The second kappa shape index (κ2) is 16.6. The Bertz CT molecular complexity index is 2220. The molecule has 8 rings (SSSR count). The zero-order valence-corrected chi connectivity index (χ0v) is 30.9. The third-order valence-electron chi connectivity index (χ3n) is 10.6. The van der Waals surface area contributed by atoms with Crippen LogP contribution in [-0.2, 0) is 22.7 Å². The van der Waals surface area contributed by atoms with E-state index in [1.165, 1.54) is 0 Å². The van der Waals surface area contributed by atoms with Gasteiger partial charge in [0.05, 0.1) is 11.1 Å². The van der Waals surface area contributed by atoms with Gasteiger partial charge in [0.2, 0.25) is 0 Å². The maximum absolute atomic E-state index is 14.6. The largest absolute Gasteiger partial charge is 0.423 e. The summed E-state index contributed by atoms with van der Waals surface area (Å²) < 4.78 is 11.8. The standard InChI is InChI=1S/C46H42N4O6/c51-43(49(35-23-25-47-27-35)29-31-11-3-1-4-12-31)39-21-19-33-15-7-9-17-37(33)41(39)55-45(53)46(54)56-42-38-18-10-8-16-34(38)20-22-40(42)44(52)50(36-24-26-48-28-36)30-32-13-5-2-6-14-32/h1-22,35-36,47-48H,23-30H2. The van der Waals surface area contributed by atoms with Gasteiger partial charge in [0, 0.05) is 49.0 Å². The van der Waals surface area contributed by atoms with Crippen molar-refractivity contribution in [1.82, 2.24) is 20.4 Å². The zero-order valence-electron chi connectivity index (χ0n) is 30.9. The number of nitrogens with zero attached hydrogens (tertiary/aromatic N) is 2. The average molecular weight is 747 g/mol. The second-order valence-electron chi connectivity index (χ2n) is 14.2. The Morgan fingerprint density at radius 2 is 0.893 bits per heavy atom. The molecule has 2 unspecified atom stereocenters. The summed E-state index contributed by atoms with van der Waals surface area (Å²) in [5.74, 6) is -3.36. The first-order chi connectivity index (χ1) is 27.4. The molecule has 0 radical (unpaired) electrons. The van der Waals surface area contributed by atoms with Gasteiger partial charge in [0.1, 0.15) is 0 Å². The number of amides is 2. The summed E-state index contributed by atoms with van der Waals surface area (Å²) in [4.78, 5) is 60.5. The number of benzene rings is 6. The van der Waals surface area contributed by atoms with Crippen LogP contribution in [0.1, 0.15) is 44.7 Å². The van der Waals surface area contributed by atoms with Gasteiger partial charge < -0.3 is 29.9 Å². The lowest BCUT2D eigenvalue weighted by Crippen LogP contribution is -2.41. The van der Waals surface area contributed by atoms with Crippen LogP contribution in [0.15, 0.2) is 133 Å². The smallest absolute Gasteiger partial charge is 0.417 e. The molecule has 0 spiro atoms. The molecule has 10 nitrogen and oxygen atoms in total. The van der Waals surface area contributed by atoms with Gasteiger partial charge in [-0.1, -0.05) is 121 Å². The van der Waals surface area contributed by atoms with Gasteiger partial charge >= 0.3 is 11.9 Å². The van der Waals surface area contributed by atoms with E-state index in [9.17, 15) is 19.2 Å². The van der Waals surface area contributed by atoms with Crippen LogP contribution < -0.4 is 20.1 Å². The lowest BCUT2D eigenvalue weighted by atomic mass is 10.0. The maximum Gasteiger partial charge on any atom is 0.423 e. The monoisotopic (exact) mass is 746 g/mol. The molecule has 2 N–H and O–H groups in total. The van der Waals surface area contributed by atoms with Crippen molar-refractivity contribution in [2.24, 2.45) is 0 Å². The topological polar surface area (TPSA) is 117 Å². The van der Waals surface area contributed by atoms with Crippen LogP contribution in [0.5, 0.6) is 11.5 Å². The quantitative estimate of drug-likeness (QED) is 0.0926.